The zero-order chi connectivity index (χ0) is 13.2. The van der Waals surface area contributed by atoms with Crippen LogP contribution in [0.1, 0.15) is 34.1 Å². The quantitative estimate of drug-likeness (QED) is 0.736. The molecule has 1 aliphatic heterocycles. The second-order valence-electron chi connectivity index (χ2n) is 4.92. The minimum atomic E-state index is -0.460. The van der Waals surface area contributed by atoms with Crippen LogP contribution in [-0.2, 0) is 9.59 Å². The van der Waals surface area contributed by atoms with Crippen LogP contribution in [0, 0.1) is 18.3 Å². The number of nitrogens with one attached hydrogen (secondary N) is 1. The molecule has 0 bridgehead atoms. The van der Waals surface area contributed by atoms with Gasteiger partial charge in [-0.05, 0) is 19.8 Å². The third kappa shape index (κ3) is 2.60. The van der Waals surface area contributed by atoms with Crippen LogP contribution in [0.5, 0.6) is 0 Å². The third-order valence-corrected chi connectivity index (χ3v) is 3.07. The summed E-state index contributed by atoms with van der Waals surface area (Å²) in [6, 6.07) is -0.979. The Labute approximate surface area is 103 Å². The summed E-state index contributed by atoms with van der Waals surface area (Å²) in [6.45, 7) is 7.46. The summed E-state index contributed by atoms with van der Waals surface area (Å²) in [6.07, 6.45) is 5.75. The molecule has 1 aliphatic rings. The largest absolute Gasteiger partial charge is 0.343 e. The van der Waals surface area contributed by atoms with Gasteiger partial charge in [0.15, 0.2) is 0 Å². The first kappa shape index (κ1) is 13.6. The molecule has 0 aliphatic carbocycles. The standard InChI is InChI=1S/C13H20N2O2/c1-6-7-9(4)15-11(8(2)3)12(16)14-10(5)13(15)17/h1,8-11H,7H2,2-5H3,(H,14,16). The molecule has 0 aromatic rings. The van der Waals surface area contributed by atoms with Gasteiger partial charge in [-0.25, -0.2) is 0 Å². The predicted octanol–water partition coefficient (Wildman–Crippen LogP) is 0.770. The first-order valence-electron chi connectivity index (χ1n) is 5.96. The number of rotatable bonds is 3. The lowest BCUT2D eigenvalue weighted by Gasteiger charge is -2.42. The SMILES string of the molecule is C#CCC(C)N1C(=O)C(C)NC(=O)C1C(C)C. The fraction of sp³-hybridized carbons (Fsp3) is 0.692. The average molecular weight is 236 g/mol. The highest BCUT2D eigenvalue weighted by atomic mass is 16.2. The van der Waals surface area contributed by atoms with E-state index in [-0.39, 0.29) is 23.8 Å². The highest BCUT2D eigenvalue weighted by molar-refractivity contribution is 5.97. The number of carbonyl (C=O) groups is 2. The van der Waals surface area contributed by atoms with Gasteiger partial charge in [0, 0.05) is 12.5 Å². The van der Waals surface area contributed by atoms with Crippen molar-refractivity contribution in [2.45, 2.75) is 52.2 Å². The summed E-state index contributed by atoms with van der Waals surface area (Å²) in [7, 11) is 0. The lowest BCUT2D eigenvalue weighted by Crippen LogP contribution is -2.65. The Kier molecular flexibility index (Phi) is 4.17. The molecule has 4 nitrogen and oxygen atoms in total. The van der Waals surface area contributed by atoms with E-state index in [1.165, 1.54) is 0 Å². The lowest BCUT2D eigenvalue weighted by molar-refractivity contribution is -0.153. The number of hydrogen-bond acceptors (Lipinski definition) is 2. The Morgan fingerprint density at radius 1 is 1.41 bits per heavy atom. The van der Waals surface area contributed by atoms with Crippen LogP contribution in [0.3, 0.4) is 0 Å². The van der Waals surface area contributed by atoms with E-state index < -0.39 is 12.1 Å². The molecule has 2 amide bonds. The lowest BCUT2D eigenvalue weighted by atomic mass is 9.95. The molecule has 1 rings (SSSR count). The van der Waals surface area contributed by atoms with Crippen LogP contribution in [0.2, 0.25) is 0 Å². The van der Waals surface area contributed by atoms with Gasteiger partial charge in [-0.1, -0.05) is 13.8 Å². The van der Waals surface area contributed by atoms with Crippen molar-refractivity contribution in [3.05, 3.63) is 0 Å². The molecule has 0 radical (unpaired) electrons. The molecular weight excluding hydrogens is 216 g/mol. The maximum Gasteiger partial charge on any atom is 0.245 e. The molecule has 1 fully saturated rings. The average Bonchev–Trinajstić information content (AvgIpc) is 2.22. The number of nitrogens with zero attached hydrogens (tertiary/aromatic N) is 1. The molecule has 0 saturated carbocycles. The van der Waals surface area contributed by atoms with Crippen molar-refractivity contribution in [1.82, 2.24) is 10.2 Å². The summed E-state index contributed by atoms with van der Waals surface area (Å²) >= 11 is 0. The minimum absolute atomic E-state index is 0.0500. The highest BCUT2D eigenvalue weighted by Crippen LogP contribution is 2.21. The molecule has 1 heterocycles. The number of carbonyl (C=O) groups excluding carboxylic acids is 2. The molecule has 1 saturated heterocycles. The van der Waals surface area contributed by atoms with Gasteiger partial charge < -0.3 is 10.2 Å². The van der Waals surface area contributed by atoms with Gasteiger partial charge in [0.1, 0.15) is 12.1 Å². The Hall–Kier alpha value is -1.50. The summed E-state index contributed by atoms with van der Waals surface area (Å²) in [5.41, 5.74) is 0. The van der Waals surface area contributed by atoms with E-state index in [1.807, 2.05) is 20.8 Å². The number of amides is 2. The normalized spacial score (nSPS) is 26.7. The smallest absolute Gasteiger partial charge is 0.245 e. The molecule has 3 unspecified atom stereocenters. The molecule has 4 heteroatoms. The zero-order valence-electron chi connectivity index (χ0n) is 10.9. The van der Waals surface area contributed by atoms with Gasteiger partial charge in [-0.15, -0.1) is 12.3 Å². The van der Waals surface area contributed by atoms with E-state index in [9.17, 15) is 9.59 Å². The summed E-state index contributed by atoms with van der Waals surface area (Å²) < 4.78 is 0. The van der Waals surface area contributed by atoms with Crippen LogP contribution < -0.4 is 5.32 Å². The van der Waals surface area contributed by atoms with Gasteiger partial charge >= 0.3 is 0 Å². The molecule has 0 aromatic carbocycles. The minimum Gasteiger partial charge on any atom is -0.343 e. The molecule has 3 atom stereocenters. The topological polar surface area (TPSA) is 49.4 Å². The van der Waals surface area contributed by atoms with E-state index in [0.717, 1.165) is 0 Å². The van der Waals surface area contributed by atoms with Gasteiger partial charge in [0.2, 0.25) is 11.8 Å². The Bertz CT molecular complexity index is 357. The van der Waals surface area contributed by atoms with Crippen molar-refractivity contribution in [2.24, 2.45) is 5.92 Å². The second kappa shape index (κ2) is 5.22. The van der Waals surface area contributed by atoms with Gasteiger partial charge in [0.05, 0.1) is 0 Å². The second-order valence-corrected chi connectivity index (χ2v) is 4.92. The number of hydrogen-bond donors (Lipinski definition) is 1. The van der Waals surface area contributed by atoms with E-state index in [2.05, 4.69) is 11.2 Å². The van der Waals surface area contributed by atoms with E-state index in [1.54, 1.807) is 11.8 Å². The van der Waals surface area contributed by atoms with E-state index in [0.29, 0.717) is 6.42 Å². The molecular formula is C13H20N2O2. The van der Waals surface area contributed by atoms with Crippen LogP contribution >= 0.6 is 0 Å². The van der Waals surface area contributed by atoms with Gasteiger partial charge in [-0.2, -0.15) is 0 Å². The monoisotopic (exact) mass is 236 g/mol. The van der Waals surface area contributed by atoms with Gasteiger partial charge in [-0.3, -0.25) is 9.59 Å². The number of piperazine rings is 1. The highest BCUT2D eigenvalue weighted by Gasteiger charge is 2.42. The molecule has 94 valence electrons. The van der Waals surface area contributed by atoms with Crippen molar-refractivity contribution in [1.29, 1.82) is 0 Å². The predicted molar refractivity (Wildman–Crippen MR) is 66.0 cm³/mol. The molecule has 17 heavy (non-hydrogen) atoms. The maximum absolute atomic E-state index is 12.1. The Morgan fingerprint density at radius 2 is 2.00 bits per heavy atom. The summed E-state index contributed by atoms with van der Waals surface area (Å²) in [5, 5.41) is 2.71. The number of terminal acetylenes is 1. The molecule has 0 aromatic heterocycles. The molecule has 1 N–H and O–H groups in total. The van der Waals surface area contributed by atoms with Crippen LogP contribution in [-0.4, -0.2) is 34.8 Å². The van der Waals surface area contributed by atoms with E-state index in [4.69, 9.17) is 6.42 Å². The van der Waals surface area contributed by atoms with E-state index >= 15 is 0 Å². The fourth-order valence-electron chi connectivity index (χ4n) is 2.23. The fourth-order valence-corrected chi connectivity index (χ4v) is 2.23. The molecule has 0 spiro atoms. The first-order valence-corrected chi connectivity index (χ1v) is 5.96. The van der Waals surface area contributed by atoms with Crippen molar-refractivity contribution in [3.8, 4) is 12.3 Å². The van der Waals surface area contributed by atoms with Crippen molar-refractivity contribution in [3.63, 3.8) is 0 Å². The van der Waals surface area contributed by atoms with Gasteiger partial charge in [0.25, 0.3) is 0 Å². The van der Waals surface area contributed by atoms with Crippen molar-refractivity contribution >= 4 is 11.8 Å². The third-order valence-electron chi connectivity index (χ3n) is 3.07. The van der Waals surface area contributed by atoms with Crippen LogP contribution in [0.4, 0.5) is 0 Å². The Balaban J connectivity index is 3.03. The zero-order valence-corrected chi connectivity index (χ0v) is 10.9. The van der Waals surface area contributed by atoms with Crippen LogP contribution in [0.25, 0.3) is 0 Å². The summed E-state index contributed by atoms with van der Waals surface area (Å²) in [5.74, 6) is 2.49. The maximum atomic E-state index is 12.1. The summed E-state index contributed by atoms with van der Waals surface area (Å²) in [4.78, 5) is 25.7. The van der Waals surface area contributed by atoms with Crippen molar-refractivity contribution < 1.29 is 9.59 Å². The van der Waals surface area contributed by atoms with Crippen molar-refractivity contribution in [2.75, 3.05) is 0 Å². The first-order chi connectivity index (χ1) is 7.90. The Morgan fingerprint density at radius 3 is 2.47 bits per heavy atom. The van der Waals surface area contributed by atoms with Crippen LogP contribution in [0.15, 0.2) is 0 Å².